The van der Waals surface area contributed by atoms with Gasteiger partial charge in [0.2, 0.25) is 5.91 Å². The van der Waals surface area contributed by atoms with E-state index in [1.807, 2.05) is 42.5 Å². The van der Waals surface area contributed by atoms with Crippen LogP contribution in [0.15, 0.2) is 71.5 Å². The van der Waals surface area contributed by atoms with Crippen LogP contribution in [-0.2, 0) is 21.6 Å². The highest BCUT2D eigenvalue weighted by Gasteiger charge is 2.41. The molecule has 6 nitrogen and oxygen atoms in total. The van der Waals surface area contributed by atoms with Gasteiger partial charge in [0.05, 0.1) is 12.5 Å². The van der Waals surface area contributed by atoms with E-state index in [9.17, 15) is 4.79 Å². The summed E-state index contributed by atoms with van der Waals surface area (Å²) in [5, 5.41) is 3.10. The van der Waals surface area contributed by atoms with Crippen LogP contribution in [-0.4, -0.2) is 31.2 Å². The van der Waals surface area contributed by atoms with E-state index in [0.717, 1.165) is 15.6 Å². The summed E-state index contributed by atoms with van der Waals surface area (Å²) in [7, 11) is 1.59. The zero-order valence-electron chi connectivity index (χ0n) is 17.8. The van der Waals surface area contributed by atoms with Crippen molar-refractivity contribution >= 4 is 27.5 Å². The summed E-state index contributed by atoms with van der Waals surface area (Å²) in [6, 6.07) is 17.2. The van der Waals surface area contributed by atoms with E-state index in [1.54, 1.807) is 31.6 Å². The van der Waals surface area contributed by atoms with Gasteiger partial charge < -0.3 is 19.5 Å². The Morgan fingerprint density at radius 2 is 1.78 bits per heavy atom. The minimum absolute atomic E-state index is 0.0478. The Kier molecular flexibility index (Phi) is 7.07. The van der Waals surface area contributed by atoms with Gasteiger partial charge in [0.1, 0.15) is 6.61 Å². The first-order valence-electron chi connectivity index (χ1n) is 10.5. The van der Waals surface area contributed by atoms with E-state index in [0.29, 0.717) is 49.8 Å². The summed E-state index contributed by atoms with van der Waals surface area (Å²) < 4.78 is 18.0. The van der Waals surface area contributed by atoms with Gasteiger partial charge in [0.15, 0.2) is 11.5 Å². The molecule has 1 aromatic heterocycles. The molecule has 1 aliphatic heterocycles. The predicted octanol–water partition coefficient (Wildman–Crippen LogP) is 5.12. The highest BCUT2D eigenvalue weighted by molar-refractivity contribution is 9.10. The summed E-state index contributed by atoms with van der Waals surface area (Å²) in [6.07, 6.45) is 4.70. The Bertz CT molecular complexity index is 1050. The third-order valence-electron chi connectivity index (χ3n) is 5.74. The lowest BCUT2D eigenvalue weighted by Gasteiger charge is -2.36. The molecule has 3 aromatic rings. The van der Waals surface area contributed by atoms with Gasteiger partial charge in [0, 0.05) is 41.8 Å². The third kappa shape index (κ3) is 4.95. The fraction of sp³-hybridized carbons (Fsp3) is 0.280. The number of methoxy groups -OCH3 is 1. The molecule has 2 aromatic carbocycles. The number of ether oxygens (including phenoxy) is 3. The second-order valence-corrected chi connectivity index (χ2v) is 8.58. The lowest BCUT2D eigenvalue weighted by atomic mass is 9.73. The smallest absolute Gasteiger partial charge is 0.235 e. The Balaban J connectivity index is 1.56. The molecule has 2 heterocycles. The number of nitrogens with zero attached hydrogens (tertiary/aromatic N) is 1. The minimum Gasteiger partial charge on any atom is -0.493 e. The maximum atomic E-state index is 13.6. The molecule has 0 radical (unpaired) electrons. The van der Waals surface area contributed by atoms with Gasteiger partial charge in [0.25, 0.3) is 0 Å². The average molecular weight is 497 g/mol. The van der Waals surface area contributed by atoms with Crippen molar-refractivity contribution in [1.82, 2.24) is 4.98 Å². The first kappa shape index (κ1) is 22.3. The quantitative estimate of drug-likeness (QED) is 0.491. The molecule has 0 saturated carbocycles. The molecule has 0 aliphatic carbocycles. The minimum atomic E-state index is -0.642. The highest BCUT2D eigenvalue weighted by atomic mass is 79.9. The van der Waals surface area contributed by atoms with Crippen molar-refractivity contribution in [3.05, 3.63) is 82.6 Å². The summed E-state index contributed by atoms with van der Waals surface area (Å²) >= 11 is 3.48. The van der Waals surface area contributed by atoms with Crippen LogP contribution in [0, 0.1) is 0 Å². The van der Waals surface area contributed by atoms with Gasteiger partial charge in [-0.25, -0.2) is 0 Å². The zero-order chi connectivity index (χ0) is 22.4. The summed E-state index contributed by atoms with van der Waals surface area (Å²) in [4.78, 5) is 17.6. The van der Waals surface area contributed by atoms with Gasteiger partial charge in [-0.05, 0) is 60.4 Å². The molecule has 166 valence electrons. The number of nitrogens with one attached hydrogen (secondary N) is 1. The number of aromatic nitrogens is 1. The maximum absolute atomic E-state index is 13.6. The van der Waals surface area contributed by atoms with Crippen LogP contribution in [0.3, 0.4) is 0 Å². The lowest BCUT2D eigenvalue weighted by Crippen LogP contribution is -2.44. The second kappa shape index (κ2) is 10.1. The second-order valence-electron chi connectivity index (χ2n) is 7.67. The van der Waals surface area contributed by atoms with Crippen molar-refractivity contribution in [3.8, 4) is 11.5 Å². The van der Waals surface area contributed by atoms with Crippen LogP contribution in [0.5, 0.6) is 11.5 Å². The first-order chi connectivity index (χ1) is 15.6. The van der Waals surface area contributed by atoms with Crippen LogP contribution in [0.2, 0.25) is 0 Å². The Morgan fingerprint density at radius 3 is 2.47 bits per heavy atom. The van der Waals surface area contributed by atoms with Crippen molar-refractivity contribution in [2.24, 2.45) is 0 Å². The van der Waals surface area contributed by atoms with Gasteiger partial charge in [-0.2, -0.15) is 0 Å². The Morgan fingerprint density at radius 1 is 1.06 bits per heavy atom. The molecule has 32 heavy (non-hydrogen) atoms. The highest BCUT2D eigenvalue weighted by Crippen LogP contribution is 2.38. The van der Waals surface area contributed by atoms with Gasteiger partial charge in [-0.15, -0.1) is 0 Å². The van der Waals surface area contributed by atoms with Crippen LogP contribution < -0.4 is 14.8 Å². The van der Waals surface area contributed by atoms with Crippen molar-refractivity contribution in [2.45, 2.75) is 24.9 Å². The largest absolute Gasteiger partial charge is 0.493 e. The standard InChI is InChI=1S/C25H25BrN2O4/c1-30-22-7-6-21(16-23(22)32-17-18-8-12-27-13-9-18)28-24(29)25(10-14-31-15-11-25)19-2-4-20(26)5-3-19/h2-9,12-13,16H,10-11,14-15,17H2,1H3,(H,28,29). The van der Waals surface area contributed by atoms with E-state index in [-0.39, 0.29) is 5.91 Å². The average Bonchev–Trinajstić information content (AvgIpc) is 2.84. The molecule has 1 fully saturated rings. The van der Waals surface area contributed by atoms with Crippen LogP contribution in [0.1, 0.15) is 24.0 Å². The van der Waals surface area contributed by atoms with E-state index >= 15 is 0 Å². The molecule has 0 bridgehead atoms. The molecule has 1 N–H and O–H groups in total. The lowest BCUT2D eigenvalue weighted by molar-refractivity contribution is -0.125. The number of rotatable bonds is 7. The summed E-state index contributed by atoms with van der Waals surface area (Å²) in [6.45, 7) is 1.47. The number of benzene rings is 2. The molecule has 0 unspecified atom stereocenters. The van der Waals surface area contributed by atoms with Crippen molar-refractivity contribution in [3.63, 3.8) is 0 Å². The molecule has 0 atom stereocenters. The van der Waals surface area contributed by atoms with Gasteiger partial charge >= 0.3 is 0 Å². The van der Waals surface area contributed by atoms with Crippen molar-refractivity contribution in [1.29, 1.82) is 0 Å². The van der Waals surface area contributed by atoms with Crippen molar-refractivity contribution < 1.29 is 19.0 Å². The number of anilines is 1. The van der Waals surface area contributed by atoms with E-state index < -0.39 is 5.41 Å². The third-order valence-corrected chi connectivity index (χ3v) is 6.27. The number of carbonyl (C=O) groups is 1. The SMILES string of the molecule is COc1ccc(NC(=O)C2(c3ccc(Br)cc3)CCOCC2)cc1OCc1ccncc1. The Labute approximate surface area is 196 Å². The van der Waals surface area contributed by atoms with E-state index in [1.165, 1.54) is 0 Å². The maximum Gasteiger partial charge on any atom is 0.235 e. The van der Waals surface area contributed by atoms with Gasteiger partial charge in [-0.1, -0.05) is 28.1 Å². The molecular weight excluding hydrogens is 472 g/mol. The monoisotopic (exact) mass is 496 g/mol. The number of hydrogen-bond acceptors (Lipinski definition) is 5. The Hall–Kier alpha value is -2.90. The molecule has 1 amide bonds. The molecular formula is C25H25BrN2O4. The van der Waals surface area contributed by atoms with E-state index in [2.05, 4.69) is 26.2 Å². The number of amides is 1. The molecule has 1 saturated heterocycles. The summed E-state index contributed by atoms with van der Waals surface area (Å²) in [5.74, 6) is 1.12. The van der Waals surface area contributed by atoms with Crippen LogP contribution in [0.25, 0.3) is 0 Å². The molecule has 7 heteroatoms. The topological polar surface area (TPSA) is 69.7 Å². The first-order valence-corrected chi connectivity index (χ1v) is 11.2. The summed E-state index contributed by atoms with van der Waals surface area (Å²) in [5.41, 5.74) is 2.00. The zero-order valence-corrected chi connectivity index (χ0v) is 19.4. The van der Waals surface area contributed by atoms with Gasteiger partial charge in [-0.3, -0.25) is 9.78 Å². The van der Waals surface area contributed by atoms with Crippen molar-refractivity contribution in [2.75, 3.05) is 25.6 Å². The molecule has 0 spiro atoms. The molecule has 1 aliphatic rings. The van der Waals surface area contributed by atoms with Crippen LogP contribution >= 0.6 is 15.9 Å². The predicted molar refractivity (Wildman–Crippen MR) is 126 cm³/mol. The van der Waals surface area contributed by atoms with Crippen LogP contribution in [0.4, 0.5) is 5.69 Å². The normalized spacial score (nSPS) is 15.1. The molecule has 4 rings (SSSR count). The number of carbonyl (C=O) groups excluding carboxylic acids is 1. The number of pyridine rings is 1. The fourth-order valence-corrected chi connectivity index (χ4v) is 4.16. The fourth-order valence-electron chi connectivity index (χ4n) is 3.89. The number of hydrogen-bond donors (Lipinski definition) is 1. The van der Waals surface area contributed by atoms with E-state index in [4.69, 9.17) is 14.2 Å². The number of halogens is 1.